The smallest absolute Gasteiger partial charge is 0.247 e. The van der Waals surface area contributed by atoms with E-state index in [1.165, 1.54) is 5.56 Å². The molecule has 4 nitrogen and oxygen atoms in total. The van der Waals surface area contributed by atoms with Gasteiger partial charge >= 0.3 is 0 Å². The second kappa shape index (κ2) is 7.04. The zero-order valence-corrected chi connectivity index (χ0v) is 10.1. The van der Waals surface area contributed by atoms with Crippen LogP contribution >= 0.6 is 0 Å². The van der Waals surface area contributed by atoms with Gasteiger partial charge in [0.05, 0.1) is 0 Å². The van der Waals surface area contributed by atoms with Crippen molar-refractivity contribution in [2.75, 3.05) is 6.54 Å². The van der Waals surface area contributed by atoms with Gasteiger partial charge in [0.1, 0.15) is 6.10 Å². The summed E-state index contributed by atoms with van der Waals surface area (Å²) in [7, 11) is 0. The predicted octanol–water partition coefficient (Wildman–Crippen LogP) is 0.444. The molecular formula is C13H20N2O2. The van der Waals surface area contributed by atoms with E-state index in [-0.39, 0.29) is 12.6 Å². The number of aliphatic hydroxyl groups is 1. The van der Waals surface area contributed by atoms with Crippen molar-refractivity contribution in [1.82, 2.24) is 5.32 Å². The van der Waals surface area contributed by atoms with Crippen LogP contribution in [0.3, 0.4) is 0 Å². The number of nitrogens with two attached hydrogens (primary N) is 1. The second-order valence-corrected chi connectivity index (χ2v) is 4.12. The molecule has 0 radical (unpaired) electrons. The third kappa shape index (κ3) is 4.97. The number of nitrogens with one attached hydrogen (secondary N) is 1. The van der Waals surface area contributed by atoms with Crippen molar-refractivity contribution in [3.05, 3.63) is 35.9 Å². The second-order valence-electron chi connectivity index (χ2n) is 4.12. The number of amides is 1. The van der Waals surface area contributed by atoms with Gasteiger partial charge in [-0.1, -0.05) is 37.3 Å². The normalized spacial score (nSPS) is 14.2. The van der Waals surface area contributed by atoms with Crippen LogP contribution in [-0.2, 0) is 11.2 Å². The van der Waals surface area contributed by atoms with Gasteiger partial charge < -0.3 is 16.2 Å². The Labute approximate surface area is 102 Å². The molecule has 2 unspecified atom stereocenters. The molecule has 2 atom stereocenters. The van der Waals surface area contributed by atoms with Crippen LogP contribution in [0.15, 0.2) is 30.3 Å². The Morgan fingerprint density at radius 1 is 1.41 bits per heavy atom. The van der Waals surface area contributed by atoms with Gasteiger partial charge in [-0.25, -0.2) is 0 Å². The molecule has 0 saturated heterocycles. The lowest BCUT2D eigenvalue weighted by atomic mass is 10.0. The molecule has 1 rings (SSSR count). The summed E-state index contributed by atoms with van der Waals surface area (Å²) in [5.41, 5.74) is 6.22. The van der Waals surface area contributed by atoms with Crippen LogP contribution in [0.2, 0.25) is 0 Å². The molecule has 94 valence electrons. The van der Waals surface area contributed by atoms with Crippen molar-refractivity contribution in [2.24, 2.45) is 5.73 Å². The van der Waals surface area contributed by atoms with Crippen LogP contribution in [0.1, 0.15) is 18.9 Å². The van der Waals surface area contributed by atoms with Crippen LogP contribution in [-0.4, -0.2) is 29.7 Å². The average Bonchev–Trinajstić information content (AvgIpc) is 2.35. The van der Waals surface area contributed by atoms with Gasteiger partial charge in [-0.2, -0.15) is 0 Å². The molecular weight excluding hydrogens is 216 g/mol. The Morgan fingerprint density at radius 3 is 2.59 bits per heavy atom. The van der Waals surface area contributed by atoms with Crippen molar-refractivity contribution < 1.29 is 9.90 Å². The minimum absolute atomic E-state index is 0.209. The van der Waals surface area contributed by atoms with Gasteiger partial charge in [0.2, 0.25) is 5.91 Å². The highest BCUT2D eigenvalue weighted by Crippen LogP contribution is 2.05. The number of carbonyl (C=O) groups is 1. The molecule has 0 spiro atoms. The summed E-state index contributed by atoms with van der Waals surface area (Å²) in [6, 6.07) is 10.4. The molecule has 0 bridgehead atoms. The SMILES string of the molecule is CCC(Cc1ccccc1)NCC(O)C(N)=O. The predicted molar refractivity (Wildman–Crippen MR) is 67.4 cm³/mol. The molecule has 0 saturated carbocycles. The quantitative estimate of drug-likeness (QED) is 0.643. The topological polar surface area (TPSA) is 75.3 Å². The van der Waals surface area contributed by atoms with Gasteiger partial charge in [0.25, 0.3) is 0 Å². The van der Waals surface area contributed by atoms with Gasteiger partial charge in [-0.3, -0.25) is 4.79 Å². The van der Waals surface area contributed by atoms with Gasteiger partial charge in [-0.05, 0) is 18.4 Å². The maximum atomic E-state index is 10.7. The minimum Gasteiger partial charge on any atom is -0.382 e. The molecule has 0 heterocycles. The van der Waals surface area contributed by atoms with E-state index in [2.05, 4.69) is 24.4 Å². The van der Waals surface area contributed by atoms with E-state index < -0.39 is 12.0 Å². The third-order valence-electron chi connectivity index (χ3n) is 2.75. The van der Waals surface area contributed by atoms with E-state index in [0.717, 1.165) is 12.8 Å². The highest BCUT2D eigenvalue weighted by atomic mass is 16.3. The number of primary amides is 1. The largest absolute Gasteiger partial charge is 0.382 e. The molecule has 0 aliphatic heterocycles. The first-order valence-corrected chi connectivity index (χ1v) is 5.88. The van der Waals surface area contributed by atoms with Crippen molar-refractivity contribution >= 4 is 5.91 Å². The fourth-order valence-corrected chi connectivity index (χ4v) is 1.64. The highest BCUT2D eigenvalue weighted by Gasteiger charge is 2.13. The fraction of sp³-hybridized carbons (Fsp3) is 0.462. The summed E-state index contributed by atoms with van der Waals surface area (Å²) >= 11 is 0. The Morgan fingerprint density at radius 2 is 2.06 bits per heavy atom. The molecule has 4 heteroatoms. The molecule has 0 aromatic heterocycles. The molecule has 0 aliphatic rings. The molecule has 1 aromatic rings. The first-order valence-electron chi connectivity index (χ1n) is 5.88. The number of aliphatic hydroxyl groups excluding tert-OH is 1. The van der Waals surface area contributed by atoms with Gasteiger partial charge in [0.15, 0.2) is 0 Å². The van der Waals surface area contributed by atoms with Crippen LogP contribution in [0.4, 0.5) is 0 Å². The molecule has 4 N–H and O–H groups in total. The summed E-state index contributed by atoms with van der Waals surface area (Å²) in [6.07, 6.45) is 0.697. The zero-order valence-electron chi connectivity index (χ0n) is 10.1. The van der Waals surface area contributed by atoms with E-state index in [1.54, 1.807) is 0 Å². The van der Waals surface area contributed by atoms with E-state index >= 15 is 0 Å². The standard InChI is InChI=1S/C13H20N2O2/c1-2-11(15-9-12(16)13(14)17)8-10-6-4-3-5-7-10/h3-7,11-12,15-16H,2,8-9H2,1H3,(H2,14,17). The van der Waals surface area contributed by atoms with E-state index in [0.29, 0.717) is 0 Å². The van der Waals surface area contributed by atoms with E-state index in [4.69, 9.17) is 5.73 Å². The third-order valence-corrected chi connectivity index (χ3v) is 2.75. The number of carbonyl (C=O) groups excluding carboxylic acids is 1. The molecule has 0 fully saturated rings. The summed E-state index contributed by atoms with van der Waals surface area (Å²) in [5, 5.41) is 12.4. The highest BCUT2D eigenvalue weighted by molar-refractivity contribution is 5.78. The van der Waals surface area contributed by atoms with Crippen LogP contribution in [0, 0.1) is 0 Å². The summed E-state index contributed by atoms with van der Waals surface area (Å²) < 4.78 is 0. The zero-order chi connectivity index (χ0) is 12.7. The summed E-state index contributed by atoms with van der Waals surface area (Å²) in [6.45, 7) is 2.28. The summed E-state index contributed by atoms with van der Waals surface area (Å²) in [4.78, 5) is 10.7. The maximum Gasteiger partial charge on any atom is 0.247 e. The lowest BCUT2D eigenvalue weighted by Gasteiger charge is -2.18. The molecule has 1 aromatic carbocycles. The fourth-order valence-electron chi connectivity index (χ4n) is 1.64. The Hall–Kier alpha value is -1.39. The van der Waals surface area contributed by atoms with Gasteiger partial charge in [-0.15, -0.1) is 0 Å². The van der Waals surface area contributed by atoms with Crippen LogP contribution in [0.5, 0.6) is 0 Å². The Bertz CT molecular complexity index is 341. The Kier molecular flexibility index (Phi) is 5.66. The maximum absolute atomic E-state index is 10.7. The molecule has 0 aliphatic carbocycles. The van der Waals surface area contributed by atoms with Crippen molar-refractivity contribution in [3.63, 3.8) is 0 Å². The lowest BCUT2D eigenvalue weighted by Crippen LogP contribution is -2.42. The molecule has 1 amide bonds. The lowest BCUT2D eigenvalue weighted by molar-refractivity contribution is -0.125. The Balaban J connectivity index is 2.41. The summed E-state index contributed by atoms with van der Waals surface area (Å²) in [5.74, 6) is -0.688. The van der Waals surface area contributed by atoms with Crippen LogP contribution in [0.25, 0.3) is 0 Å². The average molecular weight is 236 g/mol. The first-order chi connectivity index (χ1) is 8.13. The monoisotopic (exact) mass is 236 g/mol. The number of benzene rings is 1. The first kappa shape index (κ1) is 13.7. The number of rotatable bonds is 7. The van der Waals surface area contributed by atoms with Crippen molar-refractivity contribution in [2.45, 2.75) is 31.9 Å². The van der Waals surface area contributed by atoms with Crippen molar-refractivity contribution in [1.29, 1.82) is 0 Å². The van der Waals surface area contributed by atoms with Crippen molar-refractivity contribution in [3.8, 4) is 0 Å². The number of hydrogen-bond acceptors (Lipinski definition) is 3. The van der Waals surface area contributed by atoms with E-state index in [1.807, 2.05) is 18.2 Å². The minimum atomic E-state index is -1.11. The van der Waals surface area contributed by atoms with E-state index in [9.17, 15) is 9.90 Å². The van der Waals surface area contributed by atoms with Gasteiger partial charge in [0, 0.05) is 12.6 Å². The molecule has 17 heavy (non-hydrogen) atoms. The number of hydrogen-bond donors (Lipinski definition) is 3. The van der Waals surface area contributed by atoms with Crippen LogP contribution < -0.4 is 11.1 Å².